The first kappa shape index (κ1) is 19.8. The highest BCUT2D eigenvalue weighted by molar-refractivity contribution is 7.09. The minimum absolute atomic E-state index is 0.0177. The number of carbonyl (C=O) groups is 2. The summed E-state index contributed by atoms with van der Waals surface area (Å²) in [6, 6.07) is 7.19. The molecule has 2 aromatic rings. The maximum Gasteiger partial charge on any atom is 0.253 e. The van der Waals surface area contributed by atoms with E-state index in [0.29, 0.717) is 50.7 Å². The highest BCUT2D eigenvalue weighted by Crippen LogP contribution is 2.19. The molecular formula is C21H25N3O4S. The molecule has 2 amide bonds. The number of benzene rings is 1. The monoisotopic (exact) mass is 415 g/mol. The maximum atomic E-state index is 12.8. The summed E-state index contributed by atoms with van der Waals surface area (Å²) in [5.74, 6) is 0.751. The van der Waals surface area contributed by atoms with Crippen LogP contribution in [-0.2, 0) is 16.1 Å². The van der Waals surface area contributed by atoms with Crippen LogP contribution in [0.15, 0.2) is 29.6 Å². The number of piperazine rings is 1. The van der Waals surface area contributed by atoms with E-state index in [0.717, 1.165) is 23.5 Å². The van der Waals surface area contributed by atoms with Gasteiger partial charge in [-0.1, -0.05) is 0 Å². The van der Waals surface area contributed by atoms with Crippen LogP contribution in [-0.4, -0.2) is 65.5 Å². The highest BCUT2D eigenvalue weighted by atomic mass is 32.1. The second kappa shape index (κ2) is 8.92. The third-order valence-electron chi connectivity index (χ3n) is 5.24. The van der Waals surface area contributed by atoms with E-state index in [2.05, 4.69) is 4.98 Å². The molecule has 29 heavy (non-hydrogen) atoms. The lowest BCUT2D eigenvalue weighted by Crippen LogP contribution is -2.52. The lowest BCUT2D eigenvalue weighted by molar-refractivity contribution is -0.142. The second-order valence-corrected chi connectivity index (χ2v) is 8.35. The number of aryl methyl sites for hydroxylation is 1. The van der Waals surface area contributed by atoms with E-state index in [4.69, 9.17) is 9.47 Å². The Bertz CT molecular complexity index is 853. The minimum Gasteiger partial charge on any atom is -0.487 e. The normalized spacial score (nSPS) is 19.4. The van der Waals surface area contributed by atoms with Crippen LogP contribution >= 0.6 is 11.3 Å². The zero-order chi connectivity index (χ0) is 20.2. The third kappa shape index (κ3) is 4.76. The molecule has 2 fully saturated rings. The first-order chi connectivity index (χ1) is 14.1. The number of rotatable bonds is 5. The number of thiazole rings is 1. The fourth-order valence-corrected chi connectivity index (χ4v) is 4.21. The quantitative estimate of drug-likeness (QED) is 0.750. The van der Waals surface area contributed by atoms with Crippen molar-refractivity contribution in [2.75, 3.05) is 32.8 Å². The summed E-state index contributed by atoms with van der Waals surface area (Å²) in [6.45, 7) is 5.23. The van der Waals surface area contributed by atoms with Crippen LogP contribution in [0.5, 0.6) is 5.75 Å². The summed E-state index contributed by atoms with van der Waals surface area (Å²) in [4.78, 5) is 33.2. The van der Waals surface area contributed by atoms with E-state index in [9.17, 15) is 9.59 Å². The van der Waals surface area contributed by atoms with Crippen molar-refractivity contribution in [2.45, 2.75) is 32.5 Å². The smallest absolute Gasteiger partial charge is 0.253 e. The fraction of sp³-hybridized carbons (Fsp3) is 0.476. The largest absolute Gasteiger partial charge is 0.487 e. The van der Waals surface area contributed by atoms with E-state index in [1.165, 1.54) is 0 Å². The van der Waals surface area contributed by atoms with Gasteiger partial charge in [0, 0.05) is 43.7 Å². The molecule has 2 aliphatic rings. The Morgan fingerprint density at radius 3 is 2.52 bits per heavy atom. The lowest BCUT2D eigenvalue weighted by Gasteiger charge is -2.35. The summed E-state index contributed by atoms with van der Waals surface area (Å²) in [5.41, 5.74) is 1.53. The Hall–Kier alpha value is -2.45. The molecule has 1 aromatic carbocycles. The van der Waals surface area contributed by atoms with Crippen molar-refractivity contribution >= 4 is 23.2 Å². The molecule has 4 rings (SSSR count). The molecule has 0 spiro atoms. The standard InChI is InChI=1S/C21H25N3O4S/c1-15-22-17(14-29-15)13-28-18-6-4-16(5-7-18)20(25)23-8-10-24(11-9-23)21(26)19-3-2-12-27-19/h4-7,14,19H,2-3,8-13H2,1H3. The Morgan fingerprint density at radius 2 is 1.90 bits per heavy atom. The van der Waals surface area contributed by atoms with Crippen LogP contribution in [0.25, 0.3) is 0 Å². The number of ether oxygens (including phenoxy) is 2. The van der Waals surface area contributed by atoms with Crippen molar-refractivity contribution in [3.05, 3.63) is 45.9 Å². The molecule has 1 aromatic heterocycles. The van der Waals surface area contributed by atoms with Crippen molar-refractivity contribution in [2.24, 2.45) is 0 Å². The third-order valence-corrected chi connectivity index (χ3v) is 6.06. The first-order valence-corrected chi connectivity index (χ1v) is 10.8. The van der Waals surface area contributed by atoms with Crippen molar-refractivity contribution in [3.8, 4) is 5.75 Å². The molecule has 2 saturated heterocycles. The number of hydrogen-bond donors (Lipinski definition) is 0. The summed E-state index contributed by atoms with van der Waals surface area (Å²) >= 11 is 1.60. The second-order valence-electron chi connectivity index (χ2n) is 7.29. The van der Waals surface area contributed by atoms with Crippen LogP contribution in [0.2, 0.25) is 0 Å². The Morgan fingerprint density at radius 1 is 1.17 bits per heavy atom. The Kier molecular flexibility index (Phi) is 6.10. The molecule has 3 heterocycles. The molecule has 154 valence electrons. The fourth-order valence-electron chi connectivity index (χ4n) is 3.61. The average molecular weight is 416 g/mol. The molecule has 0 aliphatic carbocycles. The SMILES string of the molecule is Cc1nc(COc2ccc(C(=O)N3CCN(C(=O)C4CCCO4)CC3)cc2)cs1. The van der Waals surface area contributed by atoms with E-state index in [1.807, 2.05) is 29.3 Å². The van der Waals surface area contributed by atoms with Crippen molar-refractivity contribution in [1.29, 1.82) is 0 Å². The van der Waals surface area contributed by atoms with Gasteiger partial charge >= 0.3 is 0 Å². The van der Waals surface area contributed by atoms with E-state index in [1.54, 1.807) is 28.4 Å². The van der Waals surface area contributed by atoms with Gasteiger partial charge in [-0.05, 0) is 44.0 Å². The lowest BCUT2D eigenvalue weighted by atomic mass is 10.1. The summed E-state index contributed by atoms with van der Waals surface area (Å²) in [5, 5.41) is 3.00. The van der Waals surface area contributed by atoms with Gasteiger partial charge in [-0.2, -0.15) is 0 Å². The highest BCUT2D eigenvalue weighted by Gasteiger charge is 2.31. The number of aromatic nitrogens is 1. The van der Waals surface area contributed by atoms with Crippen molar-refractivity contribution in [1.82, 2.24) is 14.8 Å². The van der Waals surface area contributed by atoms with Gasteiger partial charge in [0.1, 0.15) is 18.5 Å². The molecule has 2 aliphatic heterocycles. The first-order valence-electron chi connectivity index (χ1n) is 9.94. The molecule has 1 atom stereocenters. The van der Waals surface area contributed by atoms with Crippen molar-refractivity contribution < 1.29 is 19.1 Å². The molecular weight excluding hydrogens is 390 g/mol. The van der Waals surface area contributed by atoms with Crippen molar-refractivity contribution in [3.63, 3.8) is 0 Å². The molecule has 1 unspecified atom stereocenters. The molecule has 0 bridgehead atoms. The number of hydrogen-bond acceptors (Lipinski definition) is 6. The Balaban J connectivity index is 1.27. The van der Waals surface area contributed by atoms with Gasteiger partial charge in [-0.3, -0.25) is 9.59 Å². The predicted octanol–water partition coefficient (Wildman–Crippen LogP) is 2.49. The summed E-state index contributed by atoms with van der Waals surface area (Å²) in [6.07, 6.45) is 1.45. The molecule has 0 radical (unpaired) electrons. The summed E-state index contributed by atoms with van der Waals surface area (Å²) < 4.78 is 11.2. The van der Waals surface area contributed by atoms with E-state index >= 15 is 0 Å². The van der Waals surface area contributed by atoms with Gasteiger partial charge in [0.15, 0.2) is 0 Å². The molecule has 0 N–H and O–H groups in total. The maximum absolute atomic E-state index is 12.8. The Labute approximate surface area is 174 Å². The van der Waals surface area contributed by atoms with E-state index in [-0.39, 0.29) is 17.9 Å². The van der Waals surface area contributed by atoms with E-state index < -0.39 is 0 Å². The van der Waals surface area contributed by atoms with Crippen LogP contribution in [0.1, 0.15) is 33.9 Å². The predicted molar refractivity (Wildman–Crippen MR) is 109 cm³/mol. The zero-order valence-electron chi connectivity index (χ0n) is 16.5. The van der Waals surface area contributed by atoms with Gasteiger partial charge in [-0.15, -0.1) is 11.3 Å². The van der Waals surface area contributed by atoms with Gasteiger partial charge in [0.2, 0.25) is 0 Å². The topological polar surface area (TPSA) is 72.0 Å². The van der Waals surface area contributed by atoms with Crippen LogP contribution < -0.4 is 4.74 Å². The van der Waals surface area contributed by atoms with Crippen LogP contribution in [0.3, 0.4) is 0 Å². The van der Waals surface area contributed by atoms with Crippen LogP contribution in [0, 0.1) is 6.92 Å². The minimum atomic E-state index is -0.294. The summed E-state index contributed by atoms with van der Waals surface area (Å²) in [7, 11) is 0. The van der Waals surface area contributed by atoms with Gasteiger partial charge in [-0.25, -0.2) is 4.98 Å². The molecule has 7 nitrogen and oxygen atoms in total. The number of nitrogens with zero attached hydrogens (tertiary/aromatic N) is 3. The zero-order valence-corrected chi connectivity index (χ0v) is 17.3. The van der Waals surface area contributed by atoms with Crippen LogP contribution in [0.4, 0.5) is 0 Å². The molecule has 0 saturated carbocycles. The van der Waals surface area contributed by atoms with Gasteiger partial charge in [0.05, 0.1) is 10.7 Å². The van der Waals surface area contributed by atoms with Gasteiger partial charge in [0.25, 0.3) is 11.8 Å². The molecule has 8 heteroatoms. The number of carbonyl (C=O) groups excluding carboxylic acids is 2. The number of amides is 2. The van der Waals surface area contributed by atoms with Gasteiger partial charge < -0.3 is 19.3 Å². The average Bonchev–Trinajstić information content (AvgIpc) is 3.44.